The monoisotopic (exact) mass is 264 g/mol. The van der Waals surface area contributed by atoms with E-state index in [9.17, 15) is 0 Å². The molecule has 1 fully saturated rings. The molecule has 19 heavy (non-hydrogen) atoms. The van der Waals surface area contributed by atoms with Crippen molar-refractivity contribution in [3.8, 4) is 0 Å². The average molecular weight is 264 g/mol. The van der Waals surface area contributed by atoms with Crippen molar-refractivity contribution in [2.45, 2.75) is 45.6 Å². The van der Waals surface area contributed by atoms with E-state index in [4.69, 9.17) is 4.74 Å². The highest BCUT2D eigenvalue weighted by Crippen LogP contribution is 2.18. The molecule has 1 aliphatic heterocycles. The zero-order valence-corrected chi connectivity index (χ0v) is 12.1. The number of ether oxygens (including phenoxy) is 1. The van der Waals surface area contributed by atoms with E-state index in [-0.39, 0.29) is 0 Å². The highest BCUT2D eigenvalue weighted by Gasteiger charge is 2.15. The Labute approximate surface area is 115 Å². The second kappa shape index (κ2) is 6.70. The maximum Gasteiger partial charge on any atom is 0.135 e. The van der Waals surface area contributed by atoms with Crippen molar-refractivity contribution in [1.82, 2.24) is 9.97 Å². The van der Waals surface area contributed by atoms with Gasteiger partial charge in [0.15, 0.2) is 0 Å². The number of anilines is 2. The van der Waals surface area contributed by atoms with E-state index in [0.717, 1.165) is 50.0 Å². The van der Waals surface area contributed by atoms with Crippen LogP contribution in [0.3, 0.4) is 0 Å². The fourth-order valence-electron chi connectivity index (χ4n) is 2.11. The smallest absolute Gasteiger partial charge is 0.135 e. The average Bonchev–Trinajstić information content (AvgIpc) is 2.89. The van der Waals surface area contributed by atoms with Gasteiger partial charge in [0, 0.05) is 31.7 Å². The van der Waals surface area contributed by atoms with Crippen LogP contribution in [0.2, 0.25) is 0 Å². The molecule has 1 unspecified atom stereocenters. The van der Waals surface area contributed by atoms with Crippen molar-refractivity contribution in [2.24, 2.45) is 0 Å². The van der Waals surface area contributed by atoms with Crippen LogP contribution in [0.1, 0.15) is 45.4 Å². The maximum atomic E-state index is 5.61. The molecule has 0 amide bonds. The first kappa shape index (κ1) is 14.1. The van der Waals surface area contributed by atoms with E-state index >= 15 is 0 Å². The van der Waals surface area contributed by atoms with Crippen molar-refractivity contribution in [2.75, 3.05) is 30.3 Å². The second-order valence-electron chi connectivity index (χ2n) is 5.20. The van der Waals surface area contributed by atoms with Gasteiger partial charge >= 0.3 is 0 Å². The van der Waals surface area contributed by atoms with E-state index in [2.05, 4.69) is 41.4 Å². The number of nitrogens with one attached hydrogen (secondary N) is 2. The highest BCUT2D eigenvalue weighted by molar-refractivity contribution is 5.47. The molecule has 5 nitrogen and oxygen atoms in total. The van der Waals surface area contributed by atoms with Gasteiger partial charge < -0.3 is 15.4 Å². The molecule has 1 atom stereocenters. The number of hydrogen-bond donors (Lipinski definition) is 2. The van der Waals surface area contributed by atoms with Gasteiger partial charge in [-0.05, 0) is 19.8 Å². The van der Waals surface area contributed by atoms with Gasteiger partial charge in [-0.15, -0.1) is 0 Å². The summed E-state index contributed by atoms with van der Waals surface area (Å²) in [7, 11) is 0. The van der Waals surface area contributed by atoms with E-state index in [1.54, 1.807) is 0 Å². The lowest BCUT2D eigenvalue weighted by Gasteiger charge is -2.14. The quantitative estimate of drug-likeness (QED) is 0.827. The number of nitrogens with zero attached hydrogens (tertiary/aromatic N) is 2. The molecule has 0 spiro atoms. The maximum absolute atomic E-state index is 5.61. The summed E-state index contributed by atoms with van der Waals surface area (Å²) in [5.74, 6) is 2.95. The van der Waals surface area contributed by atoms with Crippen molar-refractivity contribution >= 4 is 11.6 Å². The molecule has 2 heterocycles. The SMILES string of the molecule is CCNc1cc(NCC2CCCO2)nc(C(C)C)n1. The molecule has 106 valence electrons. The molecule has 0 radical (unpaired) electrons. The van der Waals surface area contributed by atoms with Crippen LogP contribution in [0.25, 0.3) is 0 Å². The second-order valence-corrected chi connectivity index (χ2v) is 5.20. The van der Waals surface area contributed by atoms with Gasteiger partial charge in [-0.2, -0.15) is 0 Å². The zero-order valence-electron chi connectivity index (χ0n) is 12.1. The van der Waals surface area contributed by atoms with Crippen LogP contribution in [-0.4, -0.2) is 35.8 Å². The predicted octanol–water partition coefficient (Wildman–Crippen LogP) is 2.62. The number of rotatable bonds is 6. The summed E-state index contributed by atoms with van der Waals surface area (Å²) in [6, 6.07) is 1.96. The molecule has 5 heteroatoms. The van der Waals surface area contributed by atoms with E-state index in [0.29, 0.717) is 12.0 Å². The minimum absolute atomic E-state index is 0.319. The molecule has 1 aliphatic rings. The largest absolute Gasteiger partial charge is 0.376 e. The van der Waals surface area contributed by atoms with Gasteiger partial charge in [0.25, 0.3) is 0 Å². The molecule has 0 saturated carbocycles. The van der Waals surface area contributed by atoms with Crippen LogP contribution < -0.4 is 10.6 Å². The summed E-state index contributed by atoms with van der Waals surface area (Å²) in [5.41, 5.74) is 0. The van der Waals surface area contributed by atoms with Crippen molar-refractivity contribution in [3.05, 3.63) is 11.9 Å². The Morgan fingerprint density at radius 3 is 2.63 bits per heavy atom. The molecule has 1 aromatic rings. The van der Waals surface area contributed by atoms with E-state index in [1.807, 2.05) is 6.07 Å². The molecule has 0 bridgehead atoms. The van der Waals surface area contributed by atoms with Crippen LogP contribution in [0.15, 0.2) is 6.07 Å². The molecule has 2 rings (SSSR count). The lowest BCUT2D eigenvalue weighted by Crippen LogP contribution is -2.19. The first-order chi connectivity index (χ1) is 9.19. The van der Waals surface area contributed by atoms with Crippen LogP contribution in [0.4, 0.5) is 11.6 Å². The molecular formula is C14H24N4O. The first-order valence-corrected chi connectivity index (χ1v) is 7.17. The minimum Gasteiger partial charge on any atom is -0.376 e. The fourth-order valence-corrected chi connectivity index (χ4v) is 2.11. The van der Waals surface area contributed by atoms with Gasteiger partial charge in [-0.1, -0.05) is 13.8 Å². The lowest BCUT2D eigenvalue weighted by atomic mass is 10.2. The normalized spacial score (nSPS) is 18.8. The van der Waals surface area contributed by atoms with Crippen LogP contribution in [0, 0.1) is 0 Å². The minimum atomic E-state index is 0.319. The molecule has 1 aromatic heterocycles. The Hall–Kier alpha value is -1.36. The summed E-state index contributed by atoms with van der Waals surface area (Å²) >= 11 is 0. The van der Waals surface area contributed by atoms with Crippen molar-refractivity contribution in [3.63, 3.8) is 0 Å². The van der Waals surface area contributed by atoms with Crippen molar-refractivity contribution < 1.29 is 4.74 Å². The van der Waals surface area contributed by atoms with E-state index < -0.39 is 0 Å². The van der Waals surface area contributed by atoms with Crippen LogP contribution >= 0.6 is 0 Å². The summed E-state index contributed by atoms with van der Waals surface area (Å²) in [6.45, 7) is 8.84. The zero-order chi connectivity index (χ0) is 13.7. The first-order valence-electron chi connectivity index (χ1n) is 7.17. The van der Waals surface area contributed by atoms with Crippen LogP contribution in [0.5, 0.6) is 0 Å². The summed E-state index contributed by atoms with van der Waals surface area (Å²) in [6.07, 6.45) is 2.62. The van der Waals surface area contributed by atoms with Gasteiger partial charge in [-0.3, -0.25) is 0 Å². The molecule has 0 aromatic carbocycles. The van der Waals surface area contributed by atoms with Crippen LogP contribution in [-0.2, 0) is 4.74 Å². The predicted molar refractivity (Wildman–Crippen MR) is 77.7 cm³/mol. The summed E-state index contributed by atoms with van der Waals surface area (Å²) in [5, 5.41) is 6.61. The number of aromatic nitrogens is 2. The molecular weight excluding hydrogens is 240 g/mol. The standard InChI is InChI=1S/C14H24N4O/c1-4-15-12-8-13(18-14(17-12)10(2)3)16-9-11-6-5-7-19-11/h8,10-11H,4-7,9H2,1-3H3,(H2,15,16,17,18). The van der Waals surface area contributed by atoms with Gasteiger partial charge in [-0.25, -0.2) is 9.97 Å². The topological polar surface area (TPSA) is 59.1 Å². The highest BCUT2D eigenvalue weighted by atomic mass is 16.5. The molecule has 2 N–H and O–H groups in total. The van der Waals surface area contributed by atoms with Gasteiger partial charge in [0.05, 0.1) is 6.10 Å². The third kappa shape index (κ3) is 4.06. The summed E-state index contributed by atoms with van der Waals surface area (Å²) < 4.78 is 5.61. The Morgan fingerprint density at radius 1 is 1.32 bits per heavy atom. The molecule has 1 saturated heterocycles. The lowest BCUT2D eigenvalue weighted by molar-refractivity contribution is 0.120. The molecule has 0 aliphatic carbocycles. The number of hydrogen-bond acceptors (Lipinski definition) is 5. The fraction of sp³-hybridized carbons (Fsp3) is 0.714. The summed E-state index contributed by atoms with van der Waals surface area (Å²) in [4.78, 5) is 9.07. The Kier molecular flexibility index (Phi) is 4.96. The van der Waals surface area contributed by atoms with Gasteiger partial charge in [0.1, 0.15) is 17.5 Å². The Morgan fingerprint density at radius 2 is 2.05 bits per heavy atom. The third-order valence-electron chi connectivity index (χ3n) is 3.15. The van der Waals surface area contributed by atoms with Gasteiger partial charge in [0.2, 0.25) is 0 Å². The Balaban J connectivity index is 2.04. The third-order valence-corrected chi connectivity index (χ3v) is 3.15. The Bertz CT molecular complexity index is 402. The van der Waals surface area contributed by atoms with Crippen molar-refractivity contribution in [1.29, 1.82) is 0 Å². The van der Waals surface area contributed by atoms with E-state index in [1.165, 1.54) is 0 Å².